The van der Waals surface area contributed by atoms with Gasteiger partial charge in [0.1, 0.15) is 17.9 Å². The molecular weight excluding hydrogens is 360 g/mol. The summed E-state index contributed by atoms with van der Waals surface area (Å²) in [5.41, 5.74) is 4.09. The highest BCUT2D eigenvalue weighted by Crippen LogP contribution is 2.24. The lowest BCUT2D eigenvalue weighted by molar-refractivity contribution is -0.117. The lowest BCUT2D eigenvalue weighted by Crippen LogP contribution is -2.32. The van der Waals surface area contributed by atoms with Crippen molar-refractivity contribution in [2.45, 2.75) is 33.7 Å². The fourth-order valence-corrected chi connectivity index (χ4v) is 4.06. The van der Waals surface area contributed by atoms with Gasteiger partial charge in [-0.3, -0.25) is 14.0 Å². The molecule has 4 rings (SSSR count). The zero-order valence-corrected chi connectivity index (χ0v) is 16.3. The van der Waals surface area contributed by atoms with Gasteiger partial charge in [0.25, 0.3) is 5.56 Å². The Morgan fingerprint density at radius 2 is 2.00 bits per heavy atom. The number of nitrogens with zero attached hydrogens (tertiary/aromatic N) is 3. The Morgan fingerprint density at radius 1 is 1.19 bits per heavy atom. The van der Waals surface area contributed by atoms with Crippen molar-refractivity contribution in [2.75, 3.05) is 5.32 Å². The molecular formula is C20H20N4O2S. The van der Waals surface area contributed by atoms with Crippen molar-refractivity contribution >= 4 is 38.7 Å². The molecule has 138 valence electrons. The number of thiophene rings is 1. The van der Waals surface area contributed by atoms with Gasteiger partial charge in [-0.25, -0.2) is 4.68 Å². The molecule has 6 nitrogen and oxygen atoms in total. The molecule has 0 bridgehead atoms. The quantitative estimate of drug-likeness (QED) is 0.589. The maximum Gasteiger partial charge on any atom is 0.291 e. The number of carbonyl (C=O) groups excluding carboxylic acids is 1. The highest BCUT2D eigenvalue weighted by molar-refractivity contribution is 7.17. The summed E-state index contributed by atoms with van der Waals surface area (Å²) < 4.78 is 4.20. The third kappa shape index (κ3) is 3.04. The number of benzene rings is 1. The fraction of sp³-hybridized carbons (Fsp3) is 0.250. The first-order valence-electron chi connectivity index (χ1n) is 8.83. The first kappa shape index (κ1) is 17.5. The van der Waals surface area contributed by atoms with E-state index < -0.39 is 0 Å². The third-order valence-corrected chi connectivity index (χ3v) is 5.50. The number of fused-ring (bicyclic) bond motifs is 3. The summed E-state index contributed by atoms with van der Waals surface area (Å²) in [6.45, 7) is 5.79. The van der Waals surface area contributed by atoms with Crippen LogP contribution in [0.4, 0.5) is 5.69 Å². The molecule has 1 amide bonds. The van der Waals surface area contributed by atoms with Gasteiger partial charge in [-0.1, -0.05) is 19.1 Å². The predicted octanol–water partition coefficient (Wildman–Crippen LogP) is 3.53. The van der Waals surface area contributed by atoms with Crippen LogP contribution in [0.3, 0.4) is 0 Å². The second kappa shape index (κ2) is 6.66. The first-order valence-corrected chi connectivity index (χ1v) is 9.71. The molecule has 7 heteroatoms. The molecule has 0 aliphatic carbocycles. The smallest absolute Gasteiger partial charge is 0.291 e. The zero-order valence-electron chi connectivity index (χ0n) is 15.4. The topological polar surface area (TPSA) is 68.4 Å². The monoisotopic (exact) mass is 380 g/mol. The van der Waals surface area contributed by atoms with Crippen molar-refractivity contribution in [2.24, 2.45) is 0 Å². The standard InChI is InChI=1S/C20H20N4O2S/c1-4-18-22-23(11-19(25)21-14-9-12(2)5-6-13(14)3)20(26)16-10-17-15(24(16)18)7-8-27-17/h5-10H,4,11H2,1-3H3,(H,21,25). The molecule has 1 aromatic carbocycles. The van der Waals surface area contributed by atoms with Crippen molar-refractivity contribution < 1.29 is 4.79 Å². The second-order valence-corrected chi connectivity index (χ2v) is 7.58. The summed E-state index contributed by atoms with van der Waals surface area (Å²) in [5.74, 6) is 0.496. The fourth-order valence-electron chi connectivity index (χ4n) is 3.25. The minimum atomic E-state index is -0.266. The van der Waals surface area contributed by atoms with Gasteiger partial charge in [0, 0.05) is 12.1 Å². The molecule has 4 aromatic rings. The Hall–Kier alpha value is -2.93. The SMILES string of the molecule is CCc1nn(CC(=O)Nc2cc(C)ccc2C)c(=O)c2cc3sccc3n12. The average Bonchev–Trinajstić information content (AvgIpc) is 3.22. The van der Waals surface area contributed by atoms with Gasteiger partial charge < -0.3 is 5.32 Å². The summed E-state index contributed by atoms with van der Waals surface area (Å²) in [5, 5.41) is 9.34. The average molecular weight is 380 g/mol. The van der Waals surface area contributed by atoms with E-state index in [0.29, 0.717) is 11.9 Å². The van der Waals surface area contributed by atoms with Gasteiger partial charge >= 0.3 is 0 Å². The molecule has 0 saturated carbocycles. The molecule has 3 heterocycles. The second-order valence-electron chi connectivity index (χ2n) is 6.63. The van der Waals surface area contributed by atoms with Crippen LogP contribution >= 0.6 is 11.3 Å². The largest absolute Gasteiger partial charge is 0.324 e. The molecule has 0 unspecified atom stereocenters. The molecule has 0 aliphatic rings. The van der Waals surface area contributed by atoms with Crippen molar-refractivity contribution in [3.05, 3.63) is 63.0 Å². The lowest BCUT2D eigenvalue weighted by Gasteiger charge is -2.12. The number of carbonyl (C=O) groups is 1. The highest BCUT2D eigenvalue weighted by atomic mass is 32.1. The number of aryl methyl sites for hydroxylation is 3. The number of nitrogens with one attached hydrogen (secondary N) is 1. The molecule has 0 fully saturated rings. The number of rotatable bonds is 4. The molecule has 0 saturated heterocycles. The van der Waals surface area contributed by atoms with E-state index in [1.54, 1.807) is 11.3 Å². The minimum absolute atomic E-state index is 0.117. The Balaban J connectivity index is 1.71. The Labute approximate surface area is 160 Å². The first-order chi connectivity index (χ1) is 13.0. The van der Waals surface area contributed by atoms with Crippen LogP contribution in [0.25, 0.3) is 15.7 Å². The van der Waals surface area contributed by atoms with Crippen LogP contribution in [0, 0.1) is 13.8 Å². The van der Waals surface area contributed by atoms with E-state index in [1.165, 1.54) is 4.68 Å². The molecule has 1 N–H and O–H groups in total. The Kier molecular flexibility index (Phi) is 4.31. The van der Waals surface area contributed by atoms with Crippen LogP contribution in [0.1, 0.15) is 23.9 Å². The van der Waals surface area contributed by atoms with Crippen LogP contribution in [-0.4, -0.2) is 20.1 Å². The molecule has 27 heavy (non-hydrogen) atoms. The van der Waals surface area contributed by atoms with Crippen LogP contribution in [0.15, 0.2) is 40.5 Å². The summed E-state index contributed by atoms with van der Waals surface area (Å²) in [6, 6.07) is 9.75. The summed E-state index contributed by atoms with van der Waals surface area (Å²) >= 11 is 1.59. The van der Waals surface area contributed by atoms with Gasteiger partial charge in [0.15, 0.2) is 0 Å². The van der Waals surface area contributed by atoms with Crippen molar-refractivity contribution in [1.29, 1.82) is 0 Å². The number of hydrogen-bond donors (Lipinski definition) is 1. The van der Waals surface area contributed by atoms with Gasteiger partial charge in [-0.2, -0.15) is 5.10 Å². The van der Waals surface area contributed by atoms with Crippen molar-refractivity contribution in [3.63, 3.8) is 0 Å². The Bertz CT molecular complexity index is 1230. The number of aromatic nitrogens is 3. The maximum absolute atomic E-state index is 12.9. The van der Waals surface area contributed by atoms with Crippen molar-refractivity contribution in [1.82, 2.24) is 14.2 Å². The number of hydrogen-bond acceptors (Lipinski definition) is 4. The third-order valence-electron chi connectivity index (χ3n) is 4.65. The Morgan fingerprint density at radius 3 is 2.78 bits per heavy atom. The lowest BCUT2D eigenvalue weighted by atomic mass is 10.1. The van der Waals surface area contributed by atoms with Gasteiger partial charge in [0.05, 0.1) is 10.2 Å². The normalized spacial score (nSPS) is 11.4. The summed E-state index contributed by atoms with van der Waals surface area (Å²) in [6.07, 6.45) is 0.662. The highest BCUT2D eigenvalue weighted by Gasteiger charge is 2.16. The molecule has 0 radical (unpaired) electrons. The van der Waals surface area contributed by atoms with Crippen molar-refractivity contribution in [3.8, 4) is 0 Å². The van der Waals surface area contributed by atoms with Gasteiger partial charge in [-0.15, -0.1) is 11.3 Å². The molecule has 0 spiro atoms. The number of amides is 1. The predicted molar refractivity (Wildman–Crippen MR) is 109 cm³/mol. The van der Waals surface area contributed by atoms with E-state index >= 15 is 0 Å². The zero-order chi connectivity index (χ0) is 19.1. The van der Waals surface area contributed by atoms with E-state index in [1.807, 2.05) is 60.9 Å². The van der Waals surface area contributed by atoms with E-state index in [0.717, 1.165) is 32.9 Å². The number of anilines is 1. The van der Waals surface area contributed by atoms with E-state index in [-0.39, 0.29) is 18.0 Å². The van der Waals surface area contributed by atoms with E-state index in [2.05, 4.69) is 10.4 Å². The van der Waals surface area contributed by atoms with E-state index in [9.17, 15) is 9.59 Å². The van der Waals surface area contributed by atoms with Crippen LogP contribution < -0.4 is 10.9 Å². The van der Waals surface area contributed by atoms with Gasteiger partial charge in [-0.05, 0) is 48.6 Å². The summed E-state index contributed by atoms with van der Waals surface area (Å²) in [7, 11) is 0. The summed E-state index contributed by atoms with van der Waals surface area (Å²) in [4.78, 5) is 25.4. The van der Waals surface area contributed by atoms with Crippen LogP contribution in [0.2, 0.25) is 0 Å². The van der Waals surface area contributed by atoms with Gasteiger partial charge in [0.2, 0.25) is 5.91 Å². The molecule has 0 aliphatic heterocycles. The van der Waals surface area contributed by atoms with Crippen LogP contribution in [-0.2, 0) is 17.8 Å². The minimum Gasteiger partial charge on any atom is -0.324 e. The maximum atomic E-state index is 12.9. The van der Waals surface area contributed by atoms with E-state index in [4.69, 9.17) is 0 Å². The van der Waals surface area contributed by atoms with Crippen LogP contribution in [0.5, 0.6) is 0 Å². The molecule has 3 aromatic heterocycles. The molecule has 0 atom stereocenters.